The number of hydrogen-bond acceptors (Lipinski definition) is 14. The van der Waals surface area contributed by atoms with Gasteiger partial charge >= 0.3 is 12.1 Å². The predicted octanol–water partition coefficient (Wildman–Crippen LogP) is 9.35. The number of amidine groups is 1. The van der Waals surface area contributed by atoms with Crippen LogP contribution in [0.5, 0.6) is 0 Å². The molecule has 0 saturated carbocycles. The minimum absolute atomic E-state index is 0.00951. The van der Waals surface area contributed by atoms with E-state index >= 15 is 0 Å². The molecule has 1 fully saturated rings. The van der Waals surface area contributed by atoms with Crippen molar-refractivity contribution in [2.75, 3.05) is 17.7 Å². The third-order valence-electron chi connectivity index (χ3n) is 11.2. The van der Waals surface area contributed by atoms with Crippen molar-refractivity contribution in [3.05, 3.63) is 211 Å². The number of thiazole rings is 1. The lowest BCUT2D eigenvalue weighted by atomic mass is 9.80. The van der Waals surface area contributed by atoms with E-state index in [0.717, 1.165) is 23.1 Å². The van der Waals surface area contributed by atoms with E-state index in [1.54, 1.807) is 20.8 Å². The van der Waals surface area contributed by atoms with Gasteiger partial charge in [0.15, 0.2) is 16.9 Å². The van der Waals surface area contributed by atoms with Gasteiger partial charge in [0, 0.05) is 32.9 Å². The highest BCUT2D eigenvalue weighted by atomic mass is 35.5. The second-order valence-corrected chi connectivity index (χ2v) is 20.8. The smallest absolute Gasteiger partial charge is 0.413 e. The molecule has 0 aliphatic carbocycles. The second-order valence-electron chi connectivity index (χ2n) is 17.2. The highest BCUT2D eigenvalue weighted by molar-refractivity contribution is 8.08. The molecule has 3 heterocycles. The predicted molar refractivity (Wildman–Crippen MR) is 281 cm³/mol. The number of benzene rings is 5. The van der Waals surface area contributed by atoms with Gasteiger partial charge in [-0.2, -0.15) is 0 Å². The highest BCUT2D eigenvalue weighted by Gasteiger charge is 2.55. The fourth-order valence-electron chi connectivity index (χ4n) is 7.83. The normalized spacial score (nSPS) is 16.1. The first kappa shape index (κ1) is 51.1. The van der Waals surface area contributed by atoms with Crippen LogP contribution in [-0.4, -0.2) is 79.8 Å². The Morgan fingerprint density at radius 2 is 1.40 bits per heavy atom. The average molecular weight is 1040 g/mol. The van der Waals surface area contributed by atoms with Crippen LogP contribution in [0.3, 0.4) is 0 Å². The molecule has 19 heteroatoms. The van der Waals surface area contributed by atoms with Gasteiger partial charge in [-0.25, -0.2) is 14.6 Å². The maximum Gasteiger partial charge on any atom is 0.413 e. The van der Waals surface area contributed by atoms with Crippen LogP contribution in [0.15, 0.2) is 178 Å². The number of nitrogens with two attached hydrogens (primary N) is 1. The molecular formula is C53H48ClN7O8S3. The molecule has 0 spiro atoms. The van der Waals surface area contributed by atoms with Crippen molar-refractivity contribution in [2.24, 2.45) is 10.9 Å². The molecule has 2 aliphatic rings. The highest BCUT2D eigenvalue weighted by Crippen LogP contribution is 2.46. The number of amides is 3. The Morgan fingerprint density at radius 3 is 1.89 bits per heavy atom. The van der Waals surface area contributed by atoms with Crippen LogP contribution in [0.2, 0.25) is 4.34 Å². The SMILES string of the molecule is CC(C)(C)OC(=O)Nc1nc(/C(=N/OC(c2ccccc2)(c2ccccc2)c2ccccc2)C(=O)NC2C(=O)N3C(C(=O)OC(c4ccccc4)c4ccccc4)=C(S/C=C(/CO)C(=N)N)CS[C@H]23)c(Cl)s1. The maximum atomic E-state index is 15.0. The maximum absolute atomic E-state index is 15.0. The van der Waals surface area contributed by atoms with Crippen molar-refractivity contribution < 1.29 is 38.6 Å². The van der Waals surface area contributed by atoms with E-state index in [0.29, 0.717) is 32.7 Å². The summed E-state index contributed by atoms with van der Waals surface area (Å²) in [7, 11) is 0. The number of nitrogens with zero attached hydrogens (tertiary/aromatic N) is 3. The number of aliphatic hydroxyl groups is 1. The summed E-state index contributed by atoms with van der Waals surface area (Å²) < 4.78 is 11.7. The average Bonchev–Trinajstić information content (AvgIpc) is 3.74. The Labute approximate surface area is 433 Å². The number of oxime groups is 1. The van der Waals surface area contributed by atoms with Gasteiger partial charge in [-0.15, -0.1) is 11.8 Å². The van der Waals surface area contributed by atoms with Crippen LogP contribution in [0.4, 0.5) is 9.93 Å². The van der Waals surface area contributed by atoms with Crippen molar-refractivity contribution in [1.29, 1.82) is 5.41 Å². The Morgan fingerprint density at radius 1 is 0.889 bits per heavy atom. The van der Waals surface area contributed by atoms with E-state index in [2.05, 4.69) is 20.8 Å². The molecule has 3 amide bonds. The number of anilines is 1. The van der Waals surface area contributed by atoms with E-state index in [9.17, 15) is 24.3 Å². The standard InChI is InChI=1S/C53H48ClN7O8S3/c1-52(2,3)68-51(66)59-50-58-39(44(54)72-50)40(60-69-53(35-23-13-6-14-24-35,36-25-15-7-16-26-36)37-27-17-8-18-28-37)46(63)57-41-47(64)61-42(38(31-71-48(41)61)70-30-34(29-62)45(55)56)49(65)67-43(32-19-9-4-10-20-32)33-21-11-5-12-22-33/h4-28,30,41,43,48,62H,29,31H2,1-3H3,(H3,55,56)(H,57,63)(H,58,59,66)/b34-30-,60-40-/t41?,48-/m1/s1. The molecule has 72 heavy (non-hydrogen) atoms. The Kier molecular flexibility index (Phi) is 16.0. The van der Waals surface area contributed by atoms with Gasteiger partial charge in [0.25, 0.3) is 11.8 Å². The lowest BCUT2D eigenvalue weighted by Crippen LogP contribution is -2.71. The number of β-lactam (4-membered cyclic amide) rings is 1. The number of nitrogens with one attached hydrogen (secondary N) is 3. The van der Waals surface area contributed by atoms with E-state index in [4.69, 9.17) is 37.1 Å². The van der Waals surface area contributed by atoms with Crippen LogP contribution < -0.4 is 16.4 Å². The number of thioether (sulfide) groups is 2. The summed E-state index contributed by atoms with van der Waals surface area (Å²) in [6, 6.07) is 45.1. The number of fused-ring (bicyclic) bond motifs is 1. The summed E-state index contributed by atoms with van der Waals surface area (Å²) in [5.41, 5.74) is 6.21. The summed E-state index contributed by atoms with van der Waals surface area (Å²) >= 11 is 10.0. The first-order chi connectivity index (χ1) is 34.7. The Bertz CT molecular complexity index is 2910. The fourth-order valence-corrected chi connectivity index (χ4v) is 11.3. The van der Waals surface area contributed by atoms with Gasteiger partial charge in [-0.05, 0) is 37.3 Å². The molecule has 1 aromatic heterocycles. The minimum Gasteiger partial charge on any atom is -0.448 e. The molecule has 0 bridgehead atoms. The molecule has 5 aromatic carbocycles. The zero-order valence-electron chi connectivity index (χ0n) is 39.0. The monoisotopic (exact) mass is 1040 g/mol. The number of ether oxygens (including phenoxy) is 2. The van der Waals surface area contributed by atoms with Crippen molar-refractivity contribution in [1.82, 2.24) is 15.2 Å². The number of carbonyl (C=O) groups is 4. The van der Waals surface area contributed by atoms with Crippen molar-refractivity contribution in [2.45, 2.75) is 49.5 Å². The molecule has 6 aromatic rings. The number of aromatic nitrogens is 1. The van der Waals surface area contributed by atoms with E-state index in [1.807, 2.05) is 152 Å². The summed E-state index contributed by atoms with van der Waals surface area (Å²) in [6.07, 6.45) is -1.68. The first-order valence-electron chi connectivity index (χ1n) is 22.4. The van der Waals surface area contributed by atoms with E-state index in [-0.39, 0.29) is 38.0 Å². The Balaban J connectivity index is 1.18. The summed E-state index contributed by atoms with van der Waals surface area (Å²) in [6.45, 7) is 4.58. The molecule has 1 saturated heterocycles. The number of esters is 1. The van der Waals surface area contributed by atoms with E-state index in [1.165, 1.54) is 22.1 Å². The van der Waals surface area contributed by atoms with Crippen molar-refractivity contribution >= 4 is 87.0 Å². The third kappa shape index (κ3) is 11.3. The lowest BCUT2D eigenvalue weighted by molar-refractivity contribution is -0.154. The molecule has 368 valence electrons. The second kappa shape index (κ2) is 22.5. The van der Waals surface area contributed by atoms with Gasteiger partial charge in [0.1, 0.15) is 38.6 Å². The fraction of sp³-hybridized carbons (Fsp3) is 0.189. The van der Waals surface area contributed by atoms with Crippen LogP contribution in [-0.2, 0) is 34.3 Å². The van der Waals surface area contributed by atoms with Gasteiger partial charge in [0.05, 0.1) is 6.61 Å². The molecule has 6 N–H and O–H groups in total. The molecule has 1 unspecified atom stereocenters. The topological polar surface area (TPSA) is 219 Å². The van der Waals surface area contributed by atoms with Gasteiger partial charge in [-0.3, -0.25) is 25.2 Å². The number of aliphatic hydroxyl groups excluding tert-OH is 1. The minimum atomic E-state index is -1.46. The van der Waals surface area contributed by atoms with Crippen molar-refractivity contribution in [3.8, 4) is 0 Å². The zero-order chi connectivity index (χ0) is 51.0. The summed E-state index contributed by atoms with van der Waals surface area (Å²) in [4.78, 5) is 70.1. The summed E-state index contributed by atoms with van der Waals surface area (Å²) in [5, 5.41) is 28.5. The summed E-state index contributed by atoms with van der Waals surface area (Å²) in [5.74, 6) is -2.60. The number of carbonyl (C=O) groups excluding carboxylic acids is 4. The largest absolute Gasteiger partial charge is 0.448 e. The molecule has 8 rings (SSSR count). The number of halogens is 1. The first-order valence-corrected chi connectivity index (χ1v) is 25.5. The van der Waals surface area contributed by atoms with Crippen molar-refractivity contribution in [3.63, 3.8) is 0 Å². The molecular weight excluding hydrogens is 994 g/mol. The van der Waals surface area contributed by atoms with Gasteiger partial charge in [0.2, 0.25) is 5.60 Å². The molecule has 2 aliphatic heterocycles. The quantitative estimate of drug-likeness (QED) is 0.0144. The third-order valence-corrected chi connectivity index (χ3v) is 14.8. The van der Waals surface area contributed by atoms with Gasteiger partial charge < -0.3 is 30.5 Å². The number of rotatable bonds is 17. The van der Waals surface area contributed by atoms with Gasteiger partial charge in [-0.1, -0.05) is 192 Å². The van der Waals surface area contributed by atoms with Crippen LogP contribution in [0.25, 0.3) is 0 Å². The molecule has 2 atom stereocenters. The number of hydrogen-bond donors (Lipinski definition) is 5. The van der Waals surface area contributed by atoms with E-state index < -0.39 is 64.9 Å². The zero-order valence-corrected chi connectivity index (χ0v) is 42.2. The lowest BCUT2D eigenvalue weighted by Gasteiger charge is -2.49. The van der Waals surface area contributed by atoms with Crippen LogP contribution in [0, 0.1) is 5.41 Å². The molecule has 15 nitrogen and oxygen atoms in total. The molecule has 0 radical (unpaired) electrons. The van der Waals surface area contributed by atoms with Crippen LogP contribution in [0.1, 0.15) is 60.4 Å². The Hall–Kier alpha value is -7.22. The van der Waals surface area contributed by atoms with Crippen LogP contribution >= 0.6 is 46.5 Å².